The summed E-state index contributed by atoms with van der Waals surface area (Å²) in [7, 11) is 0. The van der Waals surface area contributed by atoms with Crippen molar-refractivity contribution in [3.8, 4) is 22.9 Å². The number of amides is 1. The lowest BCUT2D eigenvalue weighted by Crippen LogP contribution is -2.16. The average molecular weight is 847 g/mol. The second-order valence-corrected chi connectivity index (χ2v) is 12.9. The highest BCUT2D eigenvalue weighted by molar-refractivity contribution is 14.1. The number of ether oxygens (including phenoxy) is 3. The van der Waals surface area contributed by atoms with E-state index in [0.717, 1.165) is 29.3 Å². The van der Waals surface area contributed by atoms with E-state index in [4.69, 9.17) is 18.6 Å². The van der Waals surface area contributed by atoms with Crippen LogP contribution in [0.4, 0.5) is 0 Å². The Labute approximate surface area is 292 Å². The number of aryl methyl sites for hydroxylation is 2. The van der Waals surface area contributed by atoms with Crippen LogP contribution in [-0.2, 0) is 13.2 Å². The highest BCUT2D eigenvalue weighted by Gasteiger charge is 2.14. The Morgan fingerprint density at radius 2 is 1.69 bits per heavy atom. The van der Waals surface area contributed by atoms with E-state index in [-0.39, 0.29) is 12.4 Å². The number of carbonyl (C=O) groups excluding carboxylic acids is 1. The molecule has 11 heteroatoms. The fraction of sp³-hybridized carbons (Fsp3) is 0.176. The van der Waals surface area contributed by atoms with Crippen LogP contribution in [0.3, 0.4) is 0 Å². The van der Waals surface area contributed by atoms with Gasteiger partial charge in [-0.05, 0) is 122 Å². The molecule has 0 aliphatic rings. The molecule has 0 unspecified atom stereocenters. The van der Waals surface area contributed by atoms with E-state index in [9.17, 15) is 4.79 Å². The van der Waals surface area contributed by atoms with Crippen molar-refractivity contribution in [2.75, 3.05) is 6.61 Å². The van der Waals surface area contributed by atoms with Gasteiger partial charge < -0.3 is 23.2 Å². The summed E-state index contributed by atoms with van der Waals surface area (Å²) in [6, 6.07) is 25.0. The van der Waals surface area contributed by atoms with Gasteiger partial charge in [-0.2, -0.15) is 5.10 Å². The average Bonchev–Trinajstić information content (AvgIpc) is 3.63. The number of halogens is 3. The third kappa shape index (κ3) is 8.39. The van der Waals surface area contributed by atoms with Crippen molar-refractivity contribution in [2.45, 2.75) is 34.0 Å². The zero-order valence-corrected chi connectivity index (χ0v) is 30.1. The molecule has 3 aromatic carbocycles. The van der Waals surface area contributed by atoms with Crippen LogP contribution in [0.1, 0.15) is 45.8 Å². The van der Waals surface area contributed by atoms with Crippen LogP contribution in [0.15, 0.2) is 97.3 Å². The summed E-state index contributed by atoms with van der Waals surface area (Å²) in [5, 5.41) is 4.12. The summed E-state index contributed by atoms with van der Waals surface area (Å²) in [6.07, 6.45) is 1.55. The third-order valence-electron chi connectivity index (χ3n) is 6.73. The van der Waals surface area contributed by atoms with Crippen molar-refractivity contribution in [3.05, 3.63) is 125 Å². The van der Waals surface area contributed by atoms with Gasteiger partial charge in [0.1, 0.15) is 24.7 Å². The fourth-order valence-electron chi connectivity index (χ4n) is 4.57. The van der Waals surface area contributed by atoms with E-state index >= 15 is 0 Å². The van der Waals surface area contributed by atoms with E-state index in [1.807, 2.05) is 61.5 Å². The number of carbonyl (C=O) groups is 1. The lowest BCUT2D eigenvalue weighted by atomic mass is 10.2. The molecule has 0 fully saturated rings. The molecule has 2 heterocycles. The van der Waals surface area contributed by atoms with Crippen molar-refractivity contribution in [1.82, 2.24) is 9.99 Å². The minimum atomic E-state index is -0.473. The number of rotatable bonds is 12. The zero-order chi connectivity index (χ0) is 31.9. The molecule has 5 aromatic rings. The molecule has 0 saturated carbocycles. The molecule has 232 valence electrons. The molecule has 8 nitrogen and oxygen atoms in total. The summed E-state index contributed by atoms with van der Waals surface area (Å²) in [4.78, 5) is 12.7. The van der Waals surface area contributed by atoms with Gasteiger partial charge in [-0.1, -0.05) is 37.9 Å². The molecule has 1 amide bonds. The maximum absolute atomic E-state index is 12.7. The Kier molecular flexibility index (Phi) is 11.1. The zero-order valence-electron chi connectivity index (χ0n) is 24.8. The normalized spacial score (nSPS) is 11.2. The molecule has 1 N–H and O–H groups in total. The lowest BCUT2D eigenvalue weighted by molar-refractivity contribution is 0.0923. The number of nitrogens with one attached hydrogen (secondary N) is 1. The maximum Gasteiger partial charge on any atom is 0.307 e. The second kappa shape index (κ2) is 15.2. The number of hydrazone groups is 1. The highest BCUT2D eigenvalue weighted by atomic mass is 127. The minimum Gasteiger partial charge on any atom is -0.490 e. The van der Waals surface area contributed by atoms with Gasteiger partial charge in [0.25, 0.3) is 0 Å². The number of benzene rings is 3. The molecule has 0 saturated heterocycles. The van der Waals surface area contributed by atoms with Gasteiger partial charge in [0.05, 0.1) is 16.4 Å². The van der Waals surface area contributed by atoms with Gasteiger partial charge in [0.15, 0.2) is 17.3 Å². The van der Waals surface area contributed by atoms with Crippen molar-refractivity contribution < 1.29 is 23.4 Å². The van der Waals surface area contributed by atoms with Gasteiger partial charge in [-0.3, -0.25) is 4.79 Å². The smallest absolute Gasteiger partial charge is 0.307 e. The van der Waals surface area contributed by atoms with E-state index < -0.39 is 5.91 Å². The first-order valence-corrected chi connectivity index (χ1v) is 16.7. The number of aromatic nitrogens is 1. The largest absolute Gasteiger partial charge is 0.490 e. The fourth-order valence-corrected chi connectivity index (χ4v) is 6.52. The quantitative estimate of drug-likeness (QED) is 0.0770. The predicted octanol–water partition coefficient (Wildman–Crippen LogP) is 9.14. The first kappa shape index (κ1) is 32.8. The van der Waals surface area contributed by atoms with Gasteiger partial charge in [0.2, 0.25) is 0 Å². The Balaban J connectivity index is 1.16. The molecule has 5 rings (SSSR count). The monoisotopic (exact) mass is 845 g/mol. The van der Waals surface area contributed by atoms with Crippen LogP contribution in [0.5, 0.6) is 17.2 Å². The van der Waals surface area contributed by atoms with Crippen LogP contribution in [-0.4, -0.2) is 23.3 Å². The van der Waals surface area contributed by atoms with Crippen LogP contribution in [0, 0.1) is 17.4 Å². The van der Waals surface area contributed by atoms with E-state index in [1.54, 1.807) is 18.3 Å². The molecular formula is C34H30Br2IN3O5. The minimum absolute atomic E-state index is 0.132. The summed E-state index contributed by atoms with van der Waals surface area (Å²) < 4.78 is 28.5. The van der Waals surface area contributed by atoms with Crippen molar-refractivity contribution in [2.24, 2.45) is 5.10 Å². The van der Waals surface area contributed by atoms with Gasteiger partial charge in [-0.15, -0.1) is 0 Å². The standard InChI is InChI=1S/C34H30Br2IN3O5/c1-4-42-32-16-23(15-30(37)33(32)44-19-24-7-8-25(35)17-29(24)36)18-38-39-34(41)31-14-13-28(45-31)20-43-27-11-9-26(10-12-27)40-21(2)5-6-22(40)3/h5-18H,4,19-20H2,1-3H3,(H,39,41)/b38-18+. The molecular weight excluding hydrogens is 817 g/mol. The van der Waals surface area contributed by atoms with E-state index in [0.29, 0.717) is 36.2 Å². The molecule has 0 aliphatic heterocycles. The van der Waals surface area contributed by atoms with Gasteiger partial charge >= 0.3 is 5.91 Å². The Morgan fingerprint density at radius 3 is 2.40 bits per heavy atom. The summed E-state index contributed by atoms with van der Waals surface area (Å²) >= 11 is 9.25. The van der Waals surface area contributed by atoms with Crippen molar-refractivity contribution in [1.29, 1.82) is 0 Å². The van der Waals surface area contributed by atoms with E-state index in [1.165, 1.54) is 11.4 Å². The lowest BCUT2D eigenvalue weighted by Gasteiger charge is -2.15. The topological polar surface area (TPSA) is 87.2 Å². The van der Waals surface area contributed by atoms with Crippen molar-refractivity contribution >= 4 is 66.6 Å². The number of furan rings is 1. The van der Waals surface area contributed by atoms with Crippen LogP contribution < -0.4 is 19.6 Å². The summed E-state index contributed by atoms with van der Waals surface area (Å²) in [5.74, 6) is 2.11. The Morgan fingerprint density at radius 1 is 0.933 bits per heavy atom. The second-order valence-electron chi connectivity index (χ2n) is 9.99. The number of nitrogens with zero attached hydrogens (tertiary/aromatic N) is 2. The summed E-state index contributed by atoms with van der Waals surface area (Å²) in [6.45, 7) is 7.08. The van der Waals surface area contributed by atoms with Gasteiger partial charge in [-0.25, -0.2) is 5.43 Å². The maximum atomic E-state index is 12.7. The molecule has 0 spiro atoms. The summed E-state index contributed by atoms with van der Waals surface area (Å²) in [5.41, 5.74) is 7.66. The van der Waals surface area contributed by atoms with Crippen molar-refractivity contribution in [3.63, 3.8) is 0 Å². The molecule has 0 radical (unpaired) electrons. The SMILES string of the molecule is CCOc1cc(/C=N/NC(=O)c2ccc(COc3ccc(-n4c(C)ccc4C)cc3)o2)cc(I)c1OCc1ccc(Br)cc1Br. The van der Waals surface area contributed by atoms with Crippen LogP contribution in [0.25, 0.3) is 5.69 Å². The third-order valence-corrected chi connectivity index (χ3v) is 8.76. The van der Waals surface area contributed by atoms with Crippen LogP contribution in [0.2, 0.25) is 0 Å². The molecule has 2 aromatic heterocycles. The Bertz CT molecular complexity index is 1810. The molecule has 0 aliphatic carbocycles. The first-order valence-electron chi connectivity index (χ1n) is 14.0. The predicted molar refractivity (Wildman–Crippen MR) is 190 cm³/mol. The van der Waals surface area contributed by atoms with Gasteiger partial charge in [0, 0.05) is 31.6 Å². The number of hydrogen-bond donors (Lipinski definition) is 1. The van der Waals surface area contributed by atoms with E-state index in [2.05, 4.69) is 95.5 Å². The molecule has 45 heavy (non-hydrogen) atoms. The number of hydrogen-bond acceptors (Lipinski definition) is 6. The molecule has 0 bridgehead atoms. The Hall–Kier alpha value is -3.55. The highest BCUT2D eigenvalue weighted by Crippen LogP contribution is 2.35. The van der Waals surface area contributed by atoms with Crippen LogP contribution >= 0.6 is 54.5 Å². The first-order chi connectivity index (χ1) is 21.7. The molecule has 0 atom stereocenters.